The van der Waals surface area contributed by atoms with E-state index in [1.165, 1.54) is 54.4 Å². The first kappa shape index (κ1) is 28.5. The third-order valence-corrected chi connectivity index (χ3v) is 5.61. The second-order valence-corrected chi connectivity index (χ2v) is 8.18. The van der Waals surface area contributed by atoms with Gasteiger partial charge in [0.15, 0.2) is 5.75 Å². The Morgan fingerprint density at radius 2 is 1.69 bits per heavy atom. The minimum absolute atomic E-state index is 0.0186. The lowest BCUT2D eigenvalue weighted by molar-refractivity contribution is -0.385. The molecule has 0 aliphatic carbocycles. The Balaban J connectivity index is 1.64. The number of amides is 3. The number of para-hydroxylation sites is 1. The molecule has 204 valence electrons. The number of esters is 1. The van der Waals surface area contributed by atoms with Crippen molar-refractivity contribution in [2.75, 3.05) is 32.2 Å². The van der Waals surface area contributed by atoms with Gasteiger partial charge >= 0.3 is 17.7 Å². The van der Waals surface area contributed by atoms with E-state index in [4.69, 9.17) is 10.5 Å². The van der Waals surface area contributed by atoms with Crippen LogP contribution < -0.4 is 15.4 Å². The van der Waals surface area contributed by atoms with Gasteiger partial charge in [-0.2, -0.15) is 0 Å². The fourth-order valence-corrected chi connectivity index (χ4v) is 3.60. The molecule has 3 aromatic rings. The number of carbonyl (C=O) groups is 3. The smallest absolute Gasteiger partial charge is 0.338 e. The Bertz CT molecular complexity index is 1420. The van der Waals surface area contributed by atoms with Gasteiger partial charge in [-0.1, -0.05) is 18.2 Å². The molecule has 0 saturated heterocycles. The lowest BCUT2D eigenvalue weighted by Crippen LogP contribution is -2.33. The first-order chi connectivity index (χ1) is 18.5. The predicted octanol–water partition coefficient (Wildman–Crippen LogP) is 3.96. The second kappa shape index (κ2) is 12.4. The number of nitro benzene ring substituents is 1. The Morgan fingerprint density at radius 1 is 1.00 bits per heavy atom. The van der Waals surface area contributed by atoms with Gasteiger partial charge in [0.25, 0.3) is 0 Å². The zero-order valence-corrected chi connectivity index (χ0v) is 20.9. The summed E-state index contributed by atoms with van der Waals surface area (Å²) in [6.07, 6.45) is -0.210. The van der Waals surface area contributed by atoms with Crippen molar-refractivity contribution < 1.29 is 37.6 Å². The fourth-order valence-electron chi connectivity index (χ4n) is 3.60. The minimum Gasteiger partial charge on any atom is -0.485 e. The molecule has 0 aromatic heterocycles. The number of hydrogen-bond donors (Lipinski definition) is 1. The largest absolute Gasteiger partial charge is 0.485 e. The van der Waals surface area contributed by atoms with Crippen molar-refractivity contribution in [1.29, 1.82) is 0 Å². The van der Waals surface area contributed by atoms with Gasteiger partial charge in [-0.05, 0) is 42.0 Å². The minimum atomic E-state index is -1.09. The number of anilines is 2. The van der Waals surface area contributed by atoms with E-state index in [0.29, 0.717) is 4.90 Å². The summed E-state index contributed by atoms with van der Waals surface area (Å²) in [6, 6.07) is 11.4. The number of primary amides is 1. The molecule has 11 nitrogen and oxygen atoms in total. The molecule has 0 aliphatic rings. The molecule has 0 unspecified atom stereocenters. The van der Waals surface area contributed by atoms with Gasteiger partial charge in [-0.3, -0.25) is 19.8 Å². The molecule has 3 aromatic carbocycles. The molecule has 0 fully saturated rings. The van der Waals surface area contributed by atoms with Crippen molar-refractivity contribution in [3.05, 3.63) is 93.5 Å². The lowest BCUT2D eigenvalue weighted by Gasteiger charge is -2.22. The van der Waals surface area contributed by atoms with Gasteiger partial charge in [-0.25, -0.2) is 18.4 Å². The highest BCUT2D eigenvalue weighted by molar-refractivity contribution is 5.98. The topological polar surface area (TPSA) is 145 Å². The Morgan fingerprint density at radius 3 is 2.31 bits per heavy atom. The number of halogens is 2. The van der Waals surface area contributed by atoms with E-state index in [0.717, 1.165) is 25.3 Å². The maximum absolute atomic E-state index is 14.9. The second-order valence-electron chi connectivity index (χ2n) is 8.18. The summed E-state index contributed by atoms with van der Waals surface area (Å²) in [5, 5.41) is 11.4. The number of nitrogens with zero attached hydrogens (tertiary/aromatic N) is 3. The Hall–Kier alpha value is -5.07. The van der Waals surface area contributed by atoms with Crippen LogP contribution in [0.1, 0.15) is 15.9 Å². The van der Waals surface area contributed by atoms with E-state index in [2.05, 4.69) is 4.74 Å². The molecule has 0 saturated carbocycles. The van der Waals surface area contributed by atoms with Crippen LogP contribution in [0, 0.1) is 21.7 Å². The lowest BCUT2D eigenvalue weighted by atomic mass is 10.1. The molecule has 0 radical (unpaired) electrons. The highest BCUT2D eigenvalue weighted by atomic mass is 19.1. The summed E-state index contributed by atoms with van der Waals surface area (Å²) < 4.78 is 39.1. The van der Waals surface area contributed by atoms with Gasteiger partial charge < -0.3 is 20.1 Å². The van der Waals surface area contributed by atoms with Crippen molar-refractivity contribution in [1.82, 2.24) is 4.90 Å². The molecule has 3 amide bonds. The van der Waals surface area contributed by atoms with E-state index in [1.807, 2.05) is 0 Å². The van der Waals surface area contributed by atoms with E-state index in [-0.39, 0.29) is 47.8 Å². The van der Waals surface area contributed by atoms with Gasteiger partial charge in [-0.15, -0.1) is 0 Å². The molecule has 2 N–H and O–H groups in total. The molecule has 0 atom stereocenters. The number of nitro groups is 1. The maximum atomic E-state index is 14.9. The summed E-state index contributed by atoms with van der Waals surface area (Å²) in [5.41, 5.74) is 4.66. The Kier molecular flexibility index (Phi) is 9.10. The van der Waals surface area contributed by atoms with Crippen molar-refractivity contribution in [2.45, 2.75) is 6.42 Å². The van der Waals surface area contributed by atoms with Crippen LogP contribution in [0.5, 0.6) is 5.75 Å². The molecular weight excluding hydrogens is 518 g/mol. The number of nitrogens with two attached hydrogens (primary N) is 1. The first-order valence-electron chi connectivity index (χ1n) is 11.4. The zero-order chi connectivity index (χ0) is 28.7. The van der Waals surface area contributed by atoms with Crippen LogP contribution in [0.3, 0.4) is 0 Å². The SMILES string of the molecule is COC(=O)c1ccc(OCCN(C)C(=O)Cc2ccc(N(C(N)=O)c3ccccc3F)c(F)c2)c([N+](=O)[O-])c1. The quantitative estimate of drug-likeness (QED) is 0.232. The summed E-state index contributed by atoms with van der Waals surface area (Å²) in [4.78, 5) is 48.8. The number of ether oxygens (including phenoxy) is 2. The molecule has 0 bridgehead atoms. The number of likely N-dealkylation sites (N-methyl/N-ethyl adjacent to an activating group) is 1. The molecule has 13 heteroatoms. The Labute approximate surface area is 221 Å². The summed E-state index contributed by atoms with van der Waals surface area (Å²) in [6.45, 7) is -0.0673. The molecule has 0 aliphatic heterocycles. The highest BCUT2D eigenvalue weighted by Gasteiger charge is 2.23. The monoisotopic (exact) mass is 542 g/mol. The summed E-state index contributed by atoms with van der Waals surface area (Å²) in [5.74, 6) is -2.92. The van der Waals surface area contributed by atoms with Crippen molar-refractivity contribution in [3.63, 3.8) is 0 Å². The normalized spacial score (nSPS) is 10.5. The molecule has 39 heavy (non-hydrogen) atoms. The van der Waals surface area contributed by atoms with Crippen LogP contribution in [-0.2, 0) is 16.0 Å². The standard InChI is InChI=1S/C26H24F2N4O7/c1-30(11-12-39-23-10-8-17(25(34)38-2)15-22(23)32(36)37)24(33)14-16-7-9-21(19(28)13-16)31(26(29)35)20-6-4-3-5-18(20)27/h3-10,13,15H,11-12,14H2,1-2H3,(H2,29,35). The third kappa shape index (κ3) is 6.83. The van der Waals surface area contributed by atoms with Crippen LogP contribution in [0.4, 0.5) is 30.6 Å². The van der Waals surface area contributed by atoms with Gasteiger partial charge in [0.2, 0.25) is 5.91 Å². The predicted molar refractivity (Wildman–Crippen MR) is 136 cm³/mol. The fraction of sp³-hybridized carbons (Fsp3) is 0.192. The average molecular weight is 542 g/mol. The van der Waals surface area contributed by atoms with Gasteiger partial charge in [0.1, 0.15) is 18.2 Å². The summed E-state index contributed by atoms with van der Waals surface area (Å²) >= 11 is 0. The maximum Gasteiger partial charge on any atom is 0.338 e. The average Bonchev–Trinajstić information content (AvgIpc) is 2.90. The van der Waals surface area contributed by atoms with Crippen LogP contribution in [0.2, 0.25) is 0 Å². The van der Waals surface area contributed by atoms with Crippen LogP contribution >= 0.6 is 0 Å². The van der Waals surface area contributed by atoms with E-state index >= 15 is 0 Å². The van der Waals surface area contributed by atoms with E-state index in [9.17, 15) is 33.3 Å². The van der Waals surface area contributed by atoms with Crippen molar-refractivity contribution >= 4 is 35.0 Å². The van der Waals surface area contributed by atoms with Gasteiger partial charge in [0.05, 0.1) is 41.9 Å². The number of benzene rings is 3. The molecule has 0 heterocycles. The van der Waals surface area contributed by atoms with Crippen LogP contribution in [-0.4, -0.2) is 55.0 Å². The van der Waals surface area contributed by atoms with E-state index < -0.39 is 40.2 Å². The molecule has 3 rings (SSSR count). The van der Waals surface area contributed by atoms with Crippen molar-refractivity contribution in [3.8, 4) is 5.75 Å². The number of hydrogen-bond acceptors (Lipinski definition) is 7. The van der Waals surface area contributed by atoms with E-state index in [1.54, 1.807) is 0 Å². The third-order valence-electron chi connectivity index (χ3n) is 5.61. The number of methoxy groups -OCH3 is 1. The summed E-state index contributed by atoms with van der Waals surface area (Å²) in [7, 11) is 2.62. The molecule has 0 spiro atoms. The van der Waals surface area contributed by atoms with Crippen LogP contribution in [0.25, 0.3) is 0 Å². The van der Waals surface area contributed by atoms with Gasteiger partial charge in [0, 0.05) is 13.1 Å². The first-order valence-corrected chi connectivity index (χ1v) is 11.4. The van der Waals surface area contributed by atoms with Crippen molar-refractivity contribution in [2.24, 2.45) is 5.73 Å². The number of rotatable bonds is 10. The zero-order valence-electron chi connectivity index (χ0n) is 20.9. The number of urea groups is 1. The highest BCUT2D eigenvalue weighted by Crippen LogP contribution is 2.31. The number of carbonyl (C=O) groups excluding carboxylic acids is 3. The molecular formula is C26H24F2N4O7. The van der Waals surface area contributed by atoms with Crippen LogP contribution in [0.15, 0.2) is 60.7 Å².